The third-order valence-electron chi connectivity index (χ3n) is 2.92. The number of fused-ring (bicyclic) bond motifs is 1. The van der Waals surface area contributed by atoms with Crippen molar-refractivity contribution in [2.45, 2.75) is 0 Å². The summed E-state index contributed by atoms with van der Waals surface area (Å²) in [5.41, 5.74) is 1.33. The molecule has 0 radical (unpaired) electrons. The van der Waals surface area contributed by atoms with Gasteiger partial charge in [-0.05, 0) is 47.9 Å². The molecular weight excluding hydrogens is 275 g/mol. The molecule has 0 bridgehead atoms. The second-order valence-electron chi connectivity index (χ2n) is 4.32. The molecule has 0 aliphatic carbocycles. The van der Waals surface area contributed by atoms with Gasteiger partial charge in [0.1, 0.15) is 5.82 Å². The van der Waals surface area contributed by atoms with E-state index in [9.17, 15) is 4.39 Å². The first-order chi connectivity index (χ1) is 9.72. The van der Waals surface area contributed by atoms with Crippen LogP contribution in [0, 0.1) is 5.82 Å². The number of hydrogen-bond donors (Lipinski definition) is 0. The summed E-state index contributed by atoms with van der Waals surface area (Å²) in [7, 11) is 0. The summed E-state index contributed by atoms with van der Waals surface area (Å²) >= 11 is 6.11. The molecule has 3 aromatic carbocycles. The van der Waals surface area contributed by atoms with Crippen LogP contribution in [0.4, 0.5) is 15.8 Å². The maximum Gasteiger partial charge on any atom is 0.123 e. The molecule has 2 nitrogen and oxygen atoms in total. The van der Waals surface area contributed by atoms with Crippen molar-refractivity contribution < 1.29 is 4.39 Å². The third kappa shape index (κ3) is 2.68. The SMILES string of the molecule is Fc1ccc(N=Nc2ccc3c(Cl)cccc3c2)cc1. The molecule has 98 valence electrons. The van der Waals surface area contributed by atoms with Crippen molar-refractivity contribution >= 4 is 33.7 Å². The molecule has 0 spiro atoms. The quantitative estimate of drug-likeness (QED) is 0.512. The Hall–Kier alpha value is -2.26. The molecule has 0 heterocycles. The van der Waals surface area contributed by atoms with Gasteiger partial charge in [-0.3, -0.25) is 0 Å². The largest absolute Gasteiger partial charge is 0.207 e. The van der Waals surface area contributed by atoms with Crippen molar-refractivity contribution in [1.82, 2.24) is 0 Å². The number of azo groups is 1. The van der Waals surface area contributed by atoms with Gasteiger partial charge < -0.3 is 0 Å². The first kappa shape index (κ1) is 12.8. The molecule has 0 saturated carbocycles. The van der Waals surface area contributed by atoms with E-state index in [4.69, 9.17) is 11.6 Å². The van der Waals surface area contributed by atoms with E-state index in [-0.39, 0.29) is 5.82 Å². The van der Waals surface area contributed by atoms with Crippen molar-refractivity contribution in [2.75, 3.05) is 0 Å². The number of rotatable bonds is 2. The topological polar surface area (TPSA) is 24.7 Å². The van der Waals surface area contributed by atoms with Crippen molar-refractivity contribution in [2.24, 2.45) is 10.2 Å². The fourth-order valence-electron chi connectivity index (χ4n) is 1.92. The van der Waals surface area contributed by atoms with Crippen molar-refractivity contribution in [3.05, 3.63) is 71.5 Å². The molecular formula is C16H10ClFN2. The highest BCUT2D eigenvalue weighted by Crippen LogP contribution is 2.27. The fraction of sp³-hybridized carbons (Fsp3) is 0. The van der Waals surface area contributed by atoms with E-state index in [1.54, 1.807) is 12.1 Å². The first-order valence-corrected chi connectivity index (χ1v) is 6.46. The van der Waals surface area contributed by atoms with Gasteiger partial charge in [-0.15, -0.1) is 0 Å². The Morgan fingerprint density at radius 3 is 2.30 bits per heavy atom. The number of hydrogen-bond acceptors (Lipinski definition) is 2. The van der Waals surface area contributed by atoms with E-state index in [1.807, 2.05) is 36.4 Å². The van der Waals surface area contributed by atoms with Crippen LogP contribution in [0.1, 0.15) is 0 Å². The molecule has 0 atom stereocenters. The Morgan fingerprint density at radius 2 is 1.50 bits per heavy atom. The highest BCUT2D eigenvalue weighted by Gasteiger charge is 1.99. The van der Waals surface area contributed by atoms with Crippen LogP contribution in [0.5, 0.6) is 0 Å². The lowest BCUT2D eigenvalue weighted by Crippen LogP contribution is -1.73. The summed E-state index contributed by atoms with van der Waals surface area (Å²) in [4.78, 5) is 0. The zero-order valence-electron chi connectivity index (χ0n) is 10.4. The van der Waals surface area contributed by atoms with Gasteiger partial charge in [-0.2, -0.15) is 10.2 Å². The summed E-state index contributed by atoms with van der Waals surface area (Å²) < 4.78 is 12.8. The molecule has 0 saturated heterocycles. The van der Waals surface area contributed by atoms with Gasteiger partial charge in [0.05, 0.1) is 11.4 Å². The summed E-state index contributed by atoms with van der Waals surface area (Å²) in [5, 5.41) is 10.9. The molecule has 3 rings (SSSR count). The van der Waals surface area contributed by atoms with Crippen LogP contribution in [0.15, 0.2) is 70.9 Å². The Labute approximate surface area is 120 Å². The third-order valence-corrected chi connectivity index (χ3v) is 3.25. The Morgan fingerprint density at radius 1 is 0.800 bits per heavy atom. The standard InChI is InChI=1S/C16H10ClFN2/c17-16-3-1-2-11-10-14(8-9-15(11)16)20-19-13-6-4-12(18)5-7-13/h1-10H. The van der Waals surface area contributed by atoms with Crippen LogP contribution >= 0.6 is 11.6 Å². The average Bonchev–Trinajstić information content (AvgIpc) is 2.47. The number of nitrogens with zero attached hydrogens (tertiary/aromatic N) is 2. The zero-order chi connectivity index (χ0) is 13.9. The van der Waals surface area contributed by atoms with Crippen LogP contribution in [-0.4, -0.2) is 0 Å². The second-order valence-corrected chi connectivity index (χ2v) is 4.73. The van der Waals surface area contributed by atoms with Crippen molar-refractivity contribution in [1.29, 1.82) is 0 Å². The molecule has 0 fully saturated rings. The molecule has 0 amide bonds. The fourth-order valence-corrected chi connectivity index (χ4v) is 2.16. The second kappa shape index (κ2) is 5.39. The lowest BCUT2D eigenvalue weighted by Gasteiger charge is -2.00. The molecule has 3 aromatic rings. The lowest BCUT2D eigenvalue weighted by atomic mass is 10.1. The Kier molecular flexibility index (Phi) is 3.44. The molecule has 4 heteroatoms. The predicted octanol–water partition coefficient (Wildman–Crippen LogP) is 6.05. The van der Waals surface area contributed by atoms with Gasteiger partial charge in [0.25, 0.3) is 0 Å². The van der Waals surface area contributed by atoms with E-state index >= 15 is 0 Å². The Balaban J connectivity index is 1.93. The van der Waals surface area contributed by atoms with Crippen molar-refractivity contribution in [3.63, 3.8) is 0 Å². The lowest BCUT2D eigenvalue weighted by molar-refractivity contribution is 0.628. The summed E-state index contributed by atoms with van der Waals surface area (Å²) in [6, 6.07) is 17.3. The molecule has 0 aliphatic rings. The minimum atomic E-state index is -0.288. The van der Waals surface area contributed by atoms with Gasteiger partial charge >= 0.3 is 0 Å². The van der Waals surface area contributed by atoms with Gasteiger partial charge in [0.15, 0.2) is 0 Å². The van der Waals surface area contributed by atoms with Gasteiger partial charge in [-0.25, -0.2) is 4.39 Å². The first-order valence-electron chi connectivity index (χ1n) is 6.08. The molecule has 0 aliphatic heterocycles. The monoisotopic (exact) mass is 284 g/mol. The molecule has 20 heavy (non-hydrogen) atoms. The maximum atomic E-state index is 12.8. The number of halogens is 2. The van der Waals surface area contributed by atoms with Crippen LogP contribution < -0.4 is 0 Å². The molecule has 0 aromatic heterocycles. The van der Waals surface area contributed by atoms with E-state index in [2.05, 4.69) is 10.2 Å². The highest BCUT2D eigenvalue weighted by molar-refractivity contribution is 6.35. The van der Waals surface area contributed by atoms with Crippen LogP contribution in [0.2, 0.25) is 5.02 Å². The average molecular weight is 285 g/mol. The maximum absolute atomic E-state index is 12.8. The Bertz CT molecular complexity index is 782. The predicted molar refractivity (Wildman–Crippen MR) is 79.5 cm³/mol. The number of benzene rings is 3. The van der Waals surface area contributed by atoms with Crippen LogP contribution in [0.25, 0.3) is 10.8 Å². The minimum Gasteiger partial charge on any atom is -0.207 e. The minimum absolute atomic E-state index is 0.288. The molecule has 0 unspecified atom stereocenters. The molecule has 0 N–H and O–H groups in total. The van der Waals surface area contributed by atoms with Crippen LogP contribution in [-0.2, 0) is 0 Å². The van der Waals surface area contributed by atoms with E-state index in [0.717, 1.165) is 16.5 Å². The summed E-state index contributed by atoms with van der Waals surface area (Å²) in [5.74, 6) is -0.288. The van der Waals surface area contributed by atoms with E-state index in [0.29, 0.717) is 10.7 Å². The smallest absolute Gasteiger partial charge is 0.123 e. The van der Waals surface area contributed by atoms with E-state index in [1.165, 1.54) is 12.1 Å². The summed E-state index contributed by atoms with van der Waals surface area (Å²) in [6.07, 6.45) is 0. The normalized spacial score (nSPS) is 11.3. The van der Waals surface area contributed by atoms with Gasteiger partial charge in [0, 0.05) is 10.4 Å². The van der Waals surface area contributed by atoms with Gasteiger partial charge in [-0.1, -0.05) is 29.8 Å². The van der Waals surface area contributed by atoms with Crippen LogP contribution in [0.3, 0.4) is 0 Å². The highest BCUT2D eigenvalue weighted by atomic mass is 35.5. The van der Waals surface area contributed by atoms with Gasteiger partial charge in [0.2, 0.25) is 0 Å². The summed E-state index contributed by atoms with van der Waals surface area (Å²) in [6.45, 7) is 0. The van der Waals surface area contributed by atoms with E-state index < -0.39 is 0 Å². The van der Waals surface area contributed by atoms with Crippen molar-refractivity contribution in [3.8, 4) is 0 Å². The zero-order valence-corrected chi connectivity index (χ0v) is 11.2.